The van der Waals surface area contributed by atoms with Crippen LogP contribution in [0.3, 0.4) is 0 Å². The lowest BCUT2D eigenvalue weighted by atomic mass is 10.1. The van der Waals surface area contributed by atoms with Crippen LogP contribution in [-0.4, -0.2) is 32.8 Å². The molecule has 8 nitrogen and oxygen atoms in total. The fraction of sp³-hybridized carbons (Fsp3) is 0.222. The lowest BCUT2D eigenvalue weighted by Gasteiger charge is -2.16. The van der Waals surface area contributed by atoms with Crippen LogP contribution < -0.4 is 19.1 Å². The molecule has 0 aliphatic carbocycles. The summed E-state index contributed by atoms with van der Waals surface area (Å²) in [6, 6.07) is 9.01. The summed E-state index contributed by atoms with van der Waals surface area (Å²) in [5.41, 5.74) is 0.736. The molecule has 2 heterocycles. The largest absolute Gasteiger partial charge is 0.454 e. The summed E-state index contributed by atoms with van der Waals surface area (Å²) in [5.74, 6) is -0.779. The maximum Gasteiger partial charge on any atom is 0.257 e. The molecular formula is C18H15ClN2O6S. The van der Waals surface area contributed by atoms with Crippen molar-refractivity contribution in [2.45, 2.75) is 6.92 Å². The van der Waals surface area contributed by atoms with Gasteiger partial charge in [-0.25, -0.2) is 12.7 Å². The zero-order chi connectivity index (χ0) is 20.1. The third-order valence-electron chi connectivity index (χ3n) is 4.42. The number of nitrogens with one attached hydrogen (secondary N) is 1. The topological polar surface area (TPSA) is 102 Å². The summed E-state index contributed by atoms with van der Waals surface area (Å²) in [5, 5.41) is 2.72. The highest BCUT2D eigenvalue weighted by atomic mass is 35.5. The number of carbonyl (C=O) groups is 2. The van der Waals surface area contributed by atoms with Crippen molar-refractivity contribution < 1.29 is 27.5 Å². The molecule has 1 fully saturated rings. The highest BCUT2D eigenvalue weighted by Crippen LogP contribution is 2.35. The van der Waals surface area contributed by atoms with Crippen LogP contribution in [0.15, 0.2) is 36.4 Å². The van der Waals surface area contributed by atoms with Gasteiger partial charge in [-0.15, -0.1) is 0 Å². The van der Waals surface area contributed by atoms with E-state index >= 15 is 0 Å². The molecule has 0 aromatic heterocycles. The van der Waals surface area contributed by atoms with Crippen molar-refractivity contribution in [2.24, 2.45) is 5.92 Å². The van der Waals surface area contributed by atoms with Gasteiger partial charge in [-0.05, 0) is 30.3 Å². The SMILES string of the molecule is CC1CS(=O)(=O)N(c2ccc(C(=O)Nc3ccc4c(c3)OCO4)c(Cl)c2)C1=O. The van der Waals surface area contributed by atoms with Crippen LogP contribution in [0, 0.1) is 5.92 Å². The Kier molecular flexibility index (Phi) is 4.43. The average molecular weight is 423 g/mol. The van der Waals surface area contributed by atoms with E-state index in [1.807, 2.05) is 0 Å². The number of ether oxygens (including phenoxy) is 2. The molecule has 2 aromatic carbocycles. The molecule has 4 rings (SSSR count). The number of halogens is 1. The molecule has 2 aliphatic rings. The molecule has 0 saturated carbocycles. The second-order valence-corrected chi connectivity index (χ2v) is 8.74. The van der Waals surface area contributed by atoms with E-state index in [1.54, 1.807) is 25.1 Å². The van der Waals surface area contributed by atoms with Crippen molar-refractivity contribution in [3.05, 3.63) is 47.0 Å². The van der Waals surface area contributed by atoms with E-state index in [-0.39, 0.29) is 28.8 Å². The Morgan fingerprint density at radius 1 is 1.18 bits per heavy atom. The highest BCUT2D eigenvalue weighted by molar-refractivity contribution is 7.94. The van der Waals surface area contributed by atoms with E-state index in [9.17, 15) is 18.0 Å². The van der Waals surface area contributed by atoms with Crippen LogP contribution in [0.25, 0.3) is 0 Å². The third kappa shape index (κ3) is 3.16. The standard InChI is InChI=1S/C18H15ClN2O6S/c1-10-8-28(24,25)21(18(10)23)12-3-4-13(14(19)7-12)17(22)20-11-2-5-15-16(6-11)27-9-26-15/h2-7,10H,8-9H2,1H3,(H,20,22). The van der Waals surface area contributed by atoms with Crippen molar-refractivity contribution in [1.29, 1.82) is 0 Å². The molecule has 28 heavy (non-hydrogen) atoms. The van der Waals surface area contributed by atoms with Gasteiger partial charge in [0.05, 0.1) is 27.9 Å². The number of rotatable bonds is 3. The number of amides is 2. The Balaban J connectivity index is 1.58. The van der Waals surface area contributed by atoms with Crippen molar-refractivity contribution in [3.63, 3.8) is 0 Å². The maximum absolute atomic E-state index is 12.5. The van der Waals surface area contributed by atoms with Crippen LogP contribution in [-0.2, 0) is 14.8 Å². The third-order valence-corrected chi connectivity index (χ3v) is 6.60. The number of hydrogen-bond donors (Lipinski definition) is 1. The first-order chi connectivity index (χ1) is 13.3. The molecule has 0 radical (unpaired) electrons. The number of nitrogens with zero attached hydrogens (tertiary/aromatic N) is 1. The van der Waals surface area contributed by atoms with E-state index < -0.39 is 27.8 Å². The van der Waals surface area contributed by atoms with Gasteiger partial charge in [0, 0.05) is 11.8 Å². The number of fused-ring (bicyclic) bond motifs is 1. The van der Waals surface area contributed by atoms with Gasteiger partial charge in [0.1, 0.15) is 0 Å². The first kappa shape index (κ1) is 18.6. The Labute approximate surface area is 166 Å². The van der Waals surface area contributed by atoms with Crippen molar-refractivity contribution in [2.75, 3.05) is 22.2 Å². The van der Waals surface area contributed by atoms with Gasteiger partial charge in [-0.3, -0.25) is 9.59 Å². The molecule has 146 valence electrons. The number of carbonyl (C=O) groups excluding carboxylic acids is 2. The molecule has 1 unspecified atom stereocenters. The summed E-state index contributed by atoms with van der Waals surface area (Å²) >= 11 is 6.20. The number of sulfonamides is 1. The van der Waals surface area contributed by atoms with Crippen molar-refractivity contribution in [1.82, 2.24) is 0 Å². The molecular weight excluding hydrogens is 408 g/mol. The predicted octanol–water partition coefficient (Wildman–Crippen LogP) is 2.63. The second kappa shape index (κ2) is 6.68. The van der Waals surface area contributed by atoms with E-state index in [1.165, 1.54) is 18.2 Å². The fourth-order valence-corrected chi connectivity index (χ4v) is 5.15. The number of benzene rings is 2. The lowest BCUT2D eigenvalue weighted by molar-refractivity contribution is -0.119. The number of hydrogen-bond acceptors (Lipinski definition) is 6. The van der Waals surface area contributed by atoms with Gasteiger partial charge in [-0.1, -0.05) is 18.5 Å². The molecule has 1 N–H and O–H groups in total. The molecule has 1 saturated heterocycles. The van der Waals surface area contributed by atoms with Gasteiger partial charge < -0.3 is 14.8 Å². The van der Waals surface area contributed by atoms with E-state index in [4.69, 9.17) is 21.1 Å². The van der Waals surface area contributed by atoms with Crippen LogP contribution >= 0.6 is 11.6 Å². The summed E-state index contributed by atoms with van der Waals surface area (Å²) in [4.78, 5) is 24.7. The molecule has 2 aromatic rings. The first-order valence-corrected chi connectivity index (χ1v) is 10.3. The van der Waals surface area contributed by atoms with Crippen molar-refractivity contribution >= 4 is 44.8 Å². The summed E-state index contributed by atoms with van der Waals surface area (Å²) in [6.07, 6.45) is 0. The van der Waals surface area contributed by atoms with Gasteiger partial charge >= 0.3 is 0 Å². The smallest absolute Gasteiger partial charge is 0.257 e. The Morgan fingerprint density at radius 3 is 2.61 bits per heavy atom. The molecule has 10 heteroatoms. The minimum atomic E-state index is -3.74. The Bertz CT molecular complexity index is 1100. The minimum absolute atomic E-state index is 0.0262. The molecule has 0 bridgehead atoms. The quantitative estimate of drug-likeness (QED) is 0.815. The van der Waals surface area contributed by atoms with Gasteiger partial charge in [0.2, 0.25) is 22.7 Å². The normalized spacial score (nSPS) is 19.7. The van der Waals surface area contributed by atoms with Gasteiger partial charge in [-0.2, -0.15) is 0 Å². The van der Waals surface area contributed by atoms with Crippen LogP contribution in [0.2, 0.25) is 5.02 Å². The first-order valence-electron chi connectivity index (χ1n) is 8.33. The molecule has 2 amide bonds. The van der Waals surface area contributed by atoms with E-state index in [2.05, 4.69) is 5.32 Å². The minimum Gasteiger partial charge on any atom is -0.454 e. The lowest BCUT2D eigenvalue weighted by Crippen LogP contribution is -2.30. The summed E-state index contributed by atoms with van der Waals surface area (Å²) in [7, 11) is -3.74. The maximum atomic E-state index is 12.5. The molecule has 2 aliphatic heterocycles. The molecule has 0 spiro atoms. The zero-order valence-corrected chi connectivity index (χ0v) is 16.2. The number of anilines is 2. The van der Waals surface area contributed by atoms with Gasteiger partial charge in [0.15, 0.2) is 11.5 Å². The van der Waals surface area contributed by atoms with Crippen LogP contribution in [0.5, 0.6) is 11.5 Å². The monoisotopic (exact) mass is 422 g/mol. The second-order valence-electron chi connectivity index (χ2n) is 6.47. The van der Waals surface area contributed by atoms with E-state index in [0.717, 1.165) is 4.31 Å². The summed E-state index contributed by atoms with van der Waals surface area (Å²) in [6.45, 7) is 1.67. The molecule has 1 atom stereocenters. The van der Waals surface area contributed by atoms with Crippen LogP contribution in [0.4, 0.5) is 11.4 Å². The summed E-state index contributed by atoms with van der Waals surface area (Å²) < 4.78 is 35.6. The highest BCUT2D eigenvalue weighted by Gasteiger charge is 2.42. The fourth-order valence-electron chi connectivity index (χ4n) is 3.07. The Morgan fingerprint density at radius 2 is 1.93 bits per heavy atom. The Hall–Kier alpha value is -2.78. The predicted molar refractivity (Wildman–Crippen MR) is 102 cm³/mol. The zero-order valence-electron chi connectivity index (χ0n) is 14.6. The van der Waals surface area contributed by atoms with Gasteiger partial charge in [0.25, 0.3) is 5.91 Å². The van der Waals surface area contributed by atoms with E-state index in [0.29, 0.717) is 17.2 Å². The van der Waals surface area contributed by atoms with Crippen LogP contribution in [0.1, 0.15) is 17.3 Å². The van der Waals surface area contributed by atoms with Crippen molar-refractivity contribution in [3.8, 4) is 11.5 Å². The average Bonchev–Trinajstić information content (AvgIpc) is 3.16.